The first-order valence-electron chi connectivity index (χ1n) is 11.3. The Labute approximate surface area is 199 Å². The summed E-state index contributed by atoms with van der Waals surface area (Å²) in [5.74, 6) is -0.813. The van der Waals surface area contributed by atoms with E-state index < -0.39 is 45.6 Å². The zero-order valence-electron chi connectivity index (χ0n) is 20.5. The van der Waals surface area contributed by atoms with Gasteiger partial charge >= 0.3 is 22.4 Å². The van der Waals surface area contributed by atoms with Crippen LogP contribution in [0.3, 0.4) is 0 Å². The number of hydrogen-bond donors (Lipinski definition) is 1. The second-order valence-electron chi connectivity index (χ2n) is 10.6. The number of carbonyl (C=O) groups is 2. The molecular weight excluding hydrogens is 469 g/mol. The van der Waals surface area contributed by atoms with Gasteiger partial charge < -0.3 is 14.4 Å². The molecule has 1 aromatic heterocycles. The summed E-state index contributed by atoms with van der Waals surface area (Å²) in [6, 6.07) is -0.978. The fourth-order valence-electron chi connectivity index (χ4n) is 3.67. The number of hydrogen-bond acceptors (Lipinski definition) is 7. The molecule has 1 atom stereocenters. The van der Waals surface area contributed by atoms with Gasteiger partial charge in [-0.25, -0.2) is 23.3 Å². The van der Waals surface area contributed by atoms with E-state index in [9.17, 15) is 18.0 Å². The van der Waals surface area contributed by atoms with Crippen LogP contribution in [0.25, 0.3) is 0 Å². The molecule has 1 aliphatic heterocycles. The smallest absolute Gasteiger partial charge is 0.422 e. The highest BCUT2D eigenvalue weighted by Gasteiger charge is 2.41. The number of nitrogens with zero attached hydrogens (tertiary/aromatic N) is 4. The molecule has 1 saturated carbocycles. The van der Waals surface area contributed by atoms with Gasteiger partial charge in [-0.1, -0.05) is 0 Å². The Morgan fingerprint density at radius 1 is 1.12 bits per heavy atom. The lowest BCUT2D eigenvalue weighted by molar-refractivity contribution is 0.0201. The standard InChI is InChI=1S/C21H34FN5O6S/c1-20(2,3)32-18(28)24-34(30,31)27(16-12-23-26(17(16)22)14-9-10-14)15-8-7-11-25(13-15)19(29)33-21(4,5)6/h12,14-15H,7-11,13H2,1-6H3,(H,24,28). The van der Waals surface area contributed by atoms with Crippen molar-refractivity contribution in [2.24, 2.45) is 0 Å². The lowest BCUT2D eigenvalue weighted by Crippen LogP contribution is -2.56. The number of nitrogens with one attached hydrogen (secondary N) is 1. The van der Waals surface area contributed by atoms with Crippen LogP contribution in [0.4, 0.5) is 19.7 Å². The number of rotatable bonds is 5. The van der Waals surface area contributed by atoms with E-state index in [1.54, 1.807) is 41.5 Å². The average Bonchev–Trinajstić information content (AvgIpc) is 3.42. The molecule has 3 rings (SSSR count). The molecule has 2 amide bonds. The summed E-state index contributed by atoms with van der Waals surface area (Å²) >= 11 is 0. The Morgan fingerprint density at radius 3 is 2.29 bits per heavy atom. The first-order chi connectivity index (χ1) is 15.6. The summed E-state index contributed by atoms with van der Waals surface area (Å²) in [5.41, 5.74) is -1.96. The Kier molecular flexibility index (Phi) is 7.07. The fourth-order valence-corrected chi connectivity index (χ4v) is 4.97. The number of likely N-dealkylation sites (tertiary alicyclic amines) is 1. The number of halogens is 1. The van der Waals surface area contributed by atoms with Gasteiger partial charge in [-0.2, -0.15) is 17.9 Å². The number of amides is 2. The van der Waals surface area contributed by atoms with E-state index in [1.165, 1.54) is 4.90 Å². The molecule has 0 radical (unpaired) electrons. The second kappa shape index (κ2) is 9.23. The number of carbonyl (C=O) groups excluding carboxylic acids is 2. The van der Waals surface area contributed by atoms with Gasteiger partial charge in [-0.3, -0.25) is 0 Å². The third-order valence-electron chi connectivity index (χ3n) is 5.10. The van der Waals surface area contributed by atoms with Crippen LogP contribution in [-0.4, -0.2) is 65.6 Å². The summed E-state index contributed by atoms with van der Waals surface area (Å²) in [6.45, 7) is 10.3. The van der Waals surface area contributed by atoms with Crippen molar-refractivity contribution in [1.82, 2.24) is 19.4 Å². The highest BCUT2D eigenvalue weighted by molar-refractivity contribution is 7.91. The molecule has 0 spiro atoms. The SMILES string of the molecule is CC(C)(C)OC(=O)NS(=O)(=O)N(c1cnn(C2CC2)c1F)C1CCCN(C(=O)OC(C)(C)C)C1. The molecule has 11 nitrogen and oxygen atoms in total. The Hall–Kier alpha value is -2.57. The van der Waals surface area contributed by atoms with Crippen LogP contribution in [0, 0.1) is 5.95 Å². The molecule has 1 aliphatic carbocycles. The minimum absolute atomic E-state index is 0.0435. The highest BCUT2D eigenvalue weighted by Crippen LogP contribution is 2.38. The van der Waals surface area contributed by atoms with E-state index in [4.69, 9.17) is 9.47 Å². The molecule has 2 heterocycles. The van der Waals surface area contributed by atoms with Gasteiger partial charge in [0.15, 0.2) is 0 Å². The van der Waals surface area contributed by atoms with Crippen molar-refractivity contribution in [3.05, 3.63) is 12.1 Å². The molecule has 1 unspecified atom stereocenters. The third-order valence-corrected chi connectivity index (χ3v) is 6.53. The van der Waals surface area contributed by atoms with E-state index in [2.05, 4.69) is 5.10 Å². The van der Waals surface area contributed by atoms with Gasteiger partial charge in [0, 0.05) is 13.1 Å². The highest BCUT2D eigenvalue weighted by atomic mass is 32.2. The van der Waals surface area contributed by atoms with Crippen molar-refractivity contribution < 1.29 is 31.9 Å². The van der Waals surface area contributed by atoms with E-state index in [1.807, 2.05) is 4.72 Å². The minimum Gasteiger partial charge on any atom is -0.444 e. The molecule has 192 valence electrons. The van der Waals surface area contributed by atoms with Crippen LogP contribution in [0.2, 0.25) is 0 Å². The summed E-state index contributed by atoms with van der Waals surface area (Å²) in [5, 5.41) is 4.03. The van der Waals surface area contributed by atoms with Gasteiger partial charge in [-0.05, 0) is 67.2 Å². The Balaban J connectivity index is 1.92. The monoisotopic (exact) mass is 503 g/mol. The van der Waals surface area contributed by atoms with Crippen LogP contribution >= 0.6 is 0 Å². The molecular formula is C21H34FN5O6S. The van der Waals surface area contributed by atoms with E-state index in [-0.39, 0.29) is 18.3 Å². The number of piperidine rings is 1. The Morgan fingerprint density at radius 2 is 1.74 bits per heavy atom. The first-order valence-corrected chi connectivity index (χ1v) is 12.8. The van der Waals surface area contributed by atoms with E-state index >= 15 is 4.39 Å². The first kappa shape index (κ1) is 26.0. The lowest BCUT2D eigenvalue weighted by Gasteiger charge is -2.39. The molecule has 1 aromatic rings. The predicted molar refractivity (Wildman–Crippen MR) is 122 cm³/mol. The minimum atomic E-state index is -4.61. The summed E-state index contributed by atoms with van der Waals surface area (Å²) in [6.07, 6.45) is 1.64. The lowest BCUT2D eigenvalue weighted by atomic mass is 10.1. The topological polar surface area (TPSA) is 123 Å². The molecule has 2 aliphatic rings. The van der Waals surface area contributed by atoms with Gasteiger partial charge in [0.2, 0.25) is 5.95 Å². The number of ether oxygens (including phenoxy) is 2. The van der Waals surface area contributed by atoms with Crippen LogP contribution in [0.1, 0.15) is 73.3 Å². The molecule has 0 aromatic carbocycles. The van der Waals surface area contributed by atoms with Crippen molar-refractivity contribution in [1.29, 1.82) is 0 Å². The van der Waals surface area contributed by atoms with Crippen molar-refractivity contribution in [2.75, 3.05) is 17.4 Å². The third kappa shape index (κ3) is 6.51. The summed E-state index contributed by atoms with van der Waals surface area (Å²) in [4.78, 5) is 26.3. The summed E-state index contributed by atoms with van der Waals surface area (Å²) in [7, 11) is -4.61. The molecule has 2 fully saturated rings. The van der Waals surface area contributed by atoms with Gasteiger partial charge in [0.1, 0.15) is 16.9 Å². The quantitative estimate of drug-likeness (QED) is 0.654. The van der Waals surface area contributed by atoms with Gasteiger partial charge in [-0.15, -0.1) is 0 Å². The normalized spacial score (nSPS) is 19.5. The molecule has 13 heteroatoms. The van der Waals surface area contributed by atoms with Crippen molar-refractivity contribution in [3.8, 4) is 0 Å². The van der Waals surface area contributed by atoms with Gasteiger partial charge in [0.05, 0.1) is 18.3 Å². The molecule has 1 N–H and O–H groups in total. The molecule has 0 bridgehead atoms. The Bertz CT molecular complexity index is 1030. The van der Waals surface area contributed by atoms with Crippen LogP contribution in [-0.2, 0) is 19.7 Å². The van der Waals surface area contributed by atoms with Gasteiger partial charge in [0.25, 0.3) is 0 Å². The van der Waals surface area contributed by atoms with Crippen molar-refractivity contribution >= 4 is 28.1 Å². The van der Waals surface area contributed by atoms with E-state index in [0.717, 1.165) is 28.0 Å². The van der Waals surface area contributed by atoms with Crippen molar-refractivity contribution in [3.63, 3.8) is 0 Å². The van der Waals surface area contributed by atoms with Crippen LogP contribution < -0.4 is 9.03 Å². The second-order valence-corrected chi connectivity index (χ2v) is 12.2. The molecule has 34 heavy (non-hydrogen) atoms. The zero-order valence-corrected chi connectivity index (χ0v) is 21.3. The average molecular weight is 504 g/mol. The van der Waals surface area contributed by atoms with Crippen LogP contribution in [0.15, 0.2) is 6.20 Å². The molecule has 1 saturated heterocycles. The largest absolute Gasteiger partial charge is 0.444 e. The predicted octanol–water partition coefficient (Wildman–Crippen LogP) is 3.33. The zero-order chi connectivity index (χ0) is 25.5. The maximum absolute atomic E-state index is 15.3. The van der Waals surface area contributed by atoms with E-state index in [0.29, 0.717) is 19.4 Å². The summed E-state index contributed by atoms with van der Waals surface area (Å²) < 4.78 is 56.3. The van der Waals surface area contributed by atoms with Crippen LogP contribution in [0.5, 0.6) is 0 Å². The maximum Gasteiger partial charge on any atom is 0.422 e. The van der Waals surface area contributed by atoms with Crippen molar-refractivity contribution in [2.45, 2.75) is 90.5 Å². The maximum atomic E-state index is 15.3. The number of anilines is 1. The number of aromatic nitrogens is 2. The fraction of sp³-hybridized carbons (Fsp3) is 0.762.